The molecule has 1 aromatic heterocycles. The van der Waals surface area contributed by atoms with Crippen molar-refractivity contribution >= 4 is 17.7 Å². The van der Waals surface area contributed by atoms with Crippen LogP contribution in [0.15, 0.2) is 10.6 Å². The highest BCUT2D eigenvalue weighted by molar-refractivity contribution is 5.97. The number of nitrogens with one attached hydrogen (secondary N) is 2. The van der Waals surface area contributed by atoms with Gasteiger partial charge in [0.15, 0.2) is 0 Å². The molecule has 8 nitrogen and oxygen atoms in total. The summed E-state index contributed by atoms with van der Waals surface area (Å²) in [6.45, 7) is 4.03. The Kier molecular flexibility index (Phi) is 5.89. The second-order valence-corrected chi connectivity index (χ2v) is 5.09. The number of amides is 3. The van der Waals surface area contributed by atoms with Crippen molar-refractivity contribution in [1.82, 2.24) is 15.8 Å². The van der Waals surface area contributed by atoms with Gasteiger partial charge in [-0.15, -0.1) is 0 Å². The zero-order chi connectivity index (χ0) is 16.0. The largest absolute Gasteiger partial charge is 0.370 e. The summed E-state index contributed by atoms with van der Waals surface area (Å²) < 4.78 is 4.94. The van der Waals surface area contributed by atoms with Gasteiger partial charge >= 0.3 is 0 Å². The van der Waals surface area contributed by atoms with E-state index < -0.39 is 23.8 Å². The van der Waals surface area contributed by atoms with Crippen molar-refractivity contribution in [3.63, 3.8) is 0 Å². The number of likely N-dealkylation sites (N-methyl/N-ethyl adjacent to an activating group) is 1. The molecule has 0 radical (unpaired) electrons. The van der Waals surface area contributed by atoms with Crippen LogP contribution in [0.1, 0.15) is 36.5 Å². The molecule has 0 saturated carbocycles. The monoisotopic (exact) mass is 296 g/mol. The van der Waals surface area contributed by atoms with Gasteiger partial charge in [0, 0.05) is 13.1 Å². The molecule has 1 rings (SSSR count). The fourth-order valence-corrected chi connectivity index (χ4v) is 1.75. The van der Waals surface area contributed by atoms with Crippen molar-refractivity contribution in [2.75, 3.05) is 7.05 Å². The van der Waals surface area contributed by atoms with Gasteiger partial charge in [-0.2, -0.15) is 0 Å². The van der Waals surface area contributed by atoms with Gasteiger partial charge in [0.1, 0.15) is 6.04 Å². The Labute approximate surface area is 122 Å². The SMILES string of the molecule is CNC(=O)[C@H](CC(N)=O)NC(=O)c1cc(CC(C)C)no1. The standard InChI is InChI=1S/C13H20N4O4/c1-7(2)4-8-5-10(21-17-8)13(20)16-9(6-11(14)18)12(19)15-3/h5,7,9H,4,6H2,1-3H3,(H2,14,18)(H,15,19)(H,16,20)/t9-/m0/s1. The number of carbonyl (C=O) groups is 3. The van der Waals surface area contributed by atoms with E-state index in [9.17, 15) is 14.4 Å². The number of rotatable bonds is 7. The van der Waals surface area contributed by atoms with E-state index in [0.29, 0.717) is 18.0 Å². The zero-order valence-corrected chi connectivity index (χ0v) is 12.3. The number of hydrogen-bond acceptors (Lipinski definition) is 5. The van der Waals surface area contributed by atoms with Gasteiger partial charge < -0.3 is 20.9 Å². The van der Waals surface area contributed by atoms with Crippen LogP contribution in [0.2, 0.25) is 0 Å². The molecule has 0 spiro atoms. The third-order valence-corrected chi connectivity index (χ3v) is 2.67. The summed E-state index contributed by atoms with van der Waals surface area (Å²) in [6, 6.07) is 0.471. The van der Waals surface area contributed by atoms with Crippen LogP contribution in [0.3, 0.4) is 0 Å². The second kappa shape index (κ2) is 7.41. The van der Waals surface area contributed by atoms with Crippen LogP contribution in [0.5, 0.6) is 0 Å². The van der Waals surface area contributed by atoms with E-state index in [1.165, 1.54) is 13.1 Å². The summed E-state index contributed by atoms with van der Waals surface area (Å²) >= 11 is 0. The molecule has 1 heterocycles. The van der Waals surface area contributed by atoms with E-state index in [0.717, 1.165) is 0 Å². The van der Waals surface area contributed by atoms with Gasteiger partial charge in [0.25, 0.3) is 5.91 Å². The highest BCUT2D eigenvalue weighted by atomic mass is 16.5. The van der Waals surface area contributed by atoms with Gasteiger partial charge in [-0.25, -0.2) is 0 Å². The maximum absolute atomic E-state index is 12.0. The van der Waals surface area contributed by atoms with Crippen LogP contribution < -0.4 is 16.4 Å². The minimum absolute atomic E-state index is 0.0102. The van der Waals surface area contributed by atoms with E-state index in [1.54, 1.807) is 0 Å². The molecule has 1 aromatic rings. The molecule has 8 heteroatoms. The van der Waals surface area contributed by atoms with Crippen molar-refractivity contribution in [1.29, 1.82) is 0 Å². The van der Waals surface area contributed by atoms with E-state index in [-0.39, 0.29) is 12.2 Å². The van der Waals surface area contributed by atoms with Crippen LogP contribution in [-0.4, -0.2) is 36.0 Å². The maximum atomic E-state index is 12.0. The number of hydrogen-bond donors (Lipinski definition) is 3. The van der Waals surface area contributed by atoms with Gasteiger partial charge in [0.05, 0.1) is 12.1 Å². The molecule has 0 fully saturated rings. The minimum atomic E-state index is -1.04. The minimum Gasteiger partial charge on any atom is -0.370 e. The highest BCUT2D eigenvalue weighted by Crippen LogP contribution is 2.09. The van der Waals surface area contributed by atoms with E-state index in [4.69, 9.17) is 10.3 Å². The fraction of sp³-hybridized carbons (Fsp3) is 0.538. The average Bonchev–Trinajstić information content (AvgIpc) is 2.84. The molecule has 4 N–H and O–H groups in total. The molecule has 116 valence electrons. The van der Waals surface area contributed by atoms with Gasteiger partial charge in [-0.3, -0.25) is 14.4 Å². The van der Waals surface area contributed by atoms with E-state index >= 15 is 0 Å². The van der Waals surface area contributed by atoms with Crippen LogP contribution in [-0.2, 0) is 16.0 Å². The zero-order valence-electron chi connectivity index (χ0n) is 12.3. The first-order chi connectivity index (χ1) is 9.83. The molecule has 0 aliphatic rings. The molecule has 0 saturated heterocycles. The summed E-state index contributed by atoms with van der Waals surface area (Å²) in [5.74, 6) is -1.46. The lowest BCUT2D eigenvalue weighted by atomic mass is 10.1. The first-order valence-electron chi connectivity index (χ1n) is 6.59. The molecule has 0 aromatic carbocycles. The Morgan fingerprint density at radius 2 is 2.05 bits per heavy atom. The number of carbonyl (C=O) groups excluding carboxylic acids is 3. The lowest BCUT2D eigenvalue weighted by Gasteiger charge is -2.14. The number of aromatic nitrogens is 1. The van der Waals surface area contributed by atoms with Gasteiger partial charge in [-0.1, -0.05) is 19.0 Å². The lowest BCUT2D eigenvalue weighted by molar-refractivity contribution is -0.126. The number of nitrogens with zero attached hydrogens (tertiary/aromatic N) is 1. The van der Waals surface area contributed by atoms with Crippen LogP contribution in [0.25, 0.3) is 0 Å². The van der Waals surface area contributed by atoms with Gasteiger partial charge in [-0.05, 0) is 12.3 Å². The quantitative estimate of drug-likeness (QED) is 0.630. The maximum Gasteiger partial charge on any atom is 0.290 e. The Hall–Kier alpha value is -2.38. The third-order valence-electron chi connectivity index (χ3n) is 2.67. The Bertz CT molecular complexity index is 524. The first-order valence-corrected chi connectivity index (χ1v) is 6.59. The first kappa shape index (κ1) is 16.7. The average molecular weight is 296 g/mol. The highest BCUT2D eigenvalue weighted by Gasteiger charge is 2.24. The number of nitrogens with two attached hydrogens (primary N) is 1. The van der Waals surface area contributed by atoms with Crippen molar-refractivity contribution in [3.8, 4) is 0 Å². The van der Waals surface area contributed by atoms with E-state index in [2.05, 4.69) is 15.8 Å². The number of primary amides is 1. The van der Waals surface area contributed by atoms with Crippen molar-refractivity contribution in [2.24, 2.45) is 11.7 Å². The molecular formula is C13H20N4O4. The molecule has 21 heavy (non-hydrogen) atoms. The molecule has 1 atom stereocenters. The molecule has 0 aliphatic heterocycles. The Morgan fingerprint density at radius 1 is 1.38 bits per heavy atom. The summed E-state index contributed by atoms with van der Waals surface area (Å²) in [4.78, 5) is 34.5. The van der Waals surface area contributed by atoms with Crippen LogP contribution in [0, 0.1) is 5.92 Å². The summed E-state index contributed by atoms with van der Waals surface area (Å²) in [5, 5.41) is 8.53. The third kappa shape index (κ3) is 5.25. The molecule has 0 bridgehead atoms. The van der Waals surface area contributed by atoms with Crippen molar-refractivity contribution < 1.29 is 18.9 Å². The van der Waals surface area contributed by atoms with Gasteiger partial charge in [0.2, 0.25) is 17.6 Å². The lowest BCUT2D eigenvalue weighted by Crippen LogP contribution is -2.47. The fourth-order valence-electron chi connectivity index (χ4n) is 1.75. The summed E-state index contributed by atoms with van der Waals surface area (Å²) in [6.07, 6.45) is 0.384. The smallest absolute Gasteiger partial charge is 0.290 e. The van der Waals surface area contributed by atoms with Crippen LogP contribution in [0.4, 0.5) is 0 Å². The van der Waals surface area contributed by atoms with Crippen molar-refractivity contribution in [3.05, 3.63) is 17.5 Å². The van der Waals surface area contributed by atoms with E-state index in [1.807, 2.05) is 13.8 Å². The normalized spacial score (nSPS) is 12.0. The predicted molar refractivity (Wildman–Crippen MR) is 74.2 cm³/mol. The predicted octanol–water partition coefficient (Wildman–Crippen LogP) is -0.407. The molecule has 0 unspecified atom stereocenters. The Morgan fingerprint density at radius 3 is 2.57 bits per heavy atom. The molecule has 3 amide bonds. The summed E-state index contributed by atoms with van der Waals surface area (Å²) in [7, 11) is 1.40. The van der Waals surface area contributed by atoms with Crippen molar-refractivity contribution in [2.45, 2.75) is 32.7 Å². The van der Waals surface area contributed by atoms with Crippen LogP contribution >= 0.6 is 0 Å². The Balaban J connectivity index is 2.74. The topological polar surface area (TPSA) is 127 Å². The molecule has 0 aliphatic carbocycles. The summed E-state index contributed by atoms with van der Waals surface area (Å²) in [5.41, 5.74) is 5.71. The molecular weight excluding hydrogens is 276 g/mol. The second-order valence-electron chi connectivity index (χ2n) is 5.09.